The third-order valence-electron chi connectivity index (χ3n) is 3.51. The molecule has 0 bridgehead atoms. The fraction of sp³-hybridized carbons (Fsp3) is 0.250. The molecule has 0 saturated heterocycles. The molecular formula is C16H16Cl2N2O5. The molecule has 134 valence electrons. The van der Waals surface area contributed by atoms with Crippen molar-refractivity contribution in [3.05, 3.63) is 56.1 Å². The molecule has 7 nitrogen and oxygen atoms in total. The van der Waals surface area contributed by atoms with Crippen molar-refractivity contribution >= 4 is 34.6 Å². The summed E-state index contributed by atoms with van der Waals surface area (Å²) in [6, 6.07) is 7.43. The highest BCUT2D eigenvalue weighted by Crippen LogP contribution is 2.36. The molecule has 2 aromatic rings. The summed E-state index contributed by atoms with van der Waals surface area (Å²) < 4.78 is 10.4. The van der Waals surface area contributed by atoms with Crippen LogP contribution in [0.15, 0.2) is 30.3 Å². The fourth-order valence-electron chi connectivity index (χ4n) is 2.24. The lowest BCUT2D eigenvalue weighted by atomic mass is 10.1. The van der Waals surface area contributed by atoms with Gasteiger partial charge in [-0.1, -0.05) is 23.2 Å². The second kappa shape index (κ2) is 8.24. The molecule has 0 aliphatic heterocycles. The summed E-state index contributed by atoms with van der Waals surface area (Å²) >= 11 is 12.1. The monoisotopic (exact) mass is 386 g/mol. The zero-order chi connectivity index (χ0) is 18.6. The van der Waals surface area contributed by atoms with Crippen LogP contribution < -0.4 is 14.8 Å². The molecule has 2 aromatic carbocycles. The number of non-ortho nitro benzene ring substituents is 1. The van der Waals surface area contributed by atoms with Gasteiger partial charge in [-0.3, -0.25) is 10.1 Å². The van der Waals surface area contributed by atoms with Gasteiger partial charge in [0.05, 0.1) is 41.0 Å². The number of aliphatic hydroxyl groups excluding tert-OH is 1. The van der Waals surface area contributed by atoms with Crippen LogP contribution in [0.25, 0.3) is 0 Å². The number of nitro benzene ring substituents is 1. The first-order valence-electron chi connectivity index (χ1n) is 7.14. The van der Waals surface area contributed by atoms with E-state index in [4.69, 9.17) is 32.7 Å². The Labute approximate surface area is 154 Å². The average Bonchev–Trinajstić information content (AvgIpc) is 2.59. The molecule has 0 saturated carbocycles. The molecule has 0 aromatic heterocycles. The first-order chi connectivity index (χ1) is 11.9. The van der Waals surface area contributed by atoms with E-state index in [0.717, 1.165) is 0 Å². The Kier molecular flexibility index (Phi) is 6.30. The van der Waals surface area contributed by atoms with Crippen LogP contribution in [-0.4, -0.2) is 30.8 Å². The summed E-state index contributed by atoms with van der Waals surface area (Å²) in [5.41, 5.74) is 0.605. The van der Waals surface area contributed by atoms with Crippen molar-refractivity contribution in [2.75, 3.05) is 26.1 Å². The predicted molar refractivity (Wildman–Crippen MR) is 96.1 cm³/mol. The van der Waals surface area contributed by atoms with Gasteiger partial charge in [0.1, 0.15) is 11.5 Å². The van der Waals surface area contributed by atoms with Crippen LogP contribution in [0.1, 0.15) is 11.7 Å². The molecular weight excluding hydrogens is 371 g/mol. The van der Waals surface area contributed by atoms with E-state index in [1.165, 1.54) is 26.4 Å². The predicted octanol–water partition coefficient (Wildman–Crippen LogP) is 4.06. The Balaban J connectivity index is 2.20. The number of anilines is 1. The first-order valence-corrected chi connectivity index (χ1v) is 7.90. The lowest BCUT2D eigenvalue weighted by Crippen LogP contribution is -2.14. The van der Waals surface area contributed by atoms with Gasteiger partial charge in [0.25, 0.3) is 5.69 Å². The van der Waals surface area contributed by atoms with Gasteiger partial charge in [0.15, 0.2) is 0 Å². The van der Waals surface area contributed by atoms with Gasteiger partial charge in [-0.25, -0.2) is 0 Å². The smallest absolute Gasteiger partial charge is 0.272 e. The summed E-state index contributed by atoms with van der Waals surface area (Å²) in [5.74, 6) is 1.07. The number of benzene rings is 2. The lowest BCUT2D eigenvalue weighted by Gasteiger charge is -2.18. The highest BCUT2D eigenvalue weighted by molar-refractivity contribution is 6.39. The van der Waals surface area contributed by atoms with E-state index in [0.29, 0.717) is 22.7 Å². The standard InChI is InChI=1S/C16H16Cl2N2O5/c1-24-10-3-4-15(25-2)11(7-10)14(21)8-19-16-12(17)5-9(20(22)23)6-13(16)18/h3-7,14,19,21H,8H2,1-2H3. The van der Waals surface area contributed by atoms with Crippen LogP contribution in [0.4, 0.5) is 11.4 Å². The number of nitro groups is 1. The molecule has 2 N–H and O–H groups in total. The lowest BCUT2D eigenvalue weighted by molar-refractivity contribution is -0.384. The average molecular weight is 387 g/mol. The summed E-state index contributed by atoms with van der Waals surface area (Å²) in [6.07, 6.45) is -0.952. The molecule has 0 radical (unpaired) electrons. The van der Waals surface area contributed by atoms with E-state index in [9.17, 15) is 15.2 Å². The number of halogens is 2. The Morgan fingerprint density at radius 3 is 2.36 bits per heavy atom. The molecule has 1 atom stereocenters. The van der Waals surface area contributed by atoms with Crippen molar-refractivity contribution in [2.24, 2.45) is 0 Å². The minimum absolute atomic E-state index is 0.0563. The molecule has 9 heteroatoms. The molecule has 25 heavy (non-hydrogen) atoms. The SMILES string of the molecule is COc1ccc(OC)c(C(O)CNc2c(Cl)cc([N+](=O)[O-])cc2Cl)c1. The van der Waals surface area contributed by atoms with Crippen LogP contribution in [0.2, 0.25) is 10.0 Å². The van der Waals surface area contributed by atoms with Crippen LogP contribution >= 0.6 is 23.2 Å². The van der Waals surface area contributed by atoms with Crippen molar-refractivity contribution in [2.45, 2.75) is 6.10 Å². The number of nitrogens with zero attached hydrogens (tertiary/aromatic N) is 1. The highest BCUT2D eigenvalue weighted by atomic mass is 35.5. The Morgan fingerprint density at radius 1 is 1.20 bits per heavy atom. The van der Waals surface area contributed by atoms with E-state index >= 15 is 0 Å². The minimum Gasteiger partial charge on any atom is -0.497 e. The van der Waals surface area contributed by atoms with Crippen LogP contribution in [0, 0.1) is 10.1 Å². The Morgan fingerprint density at radius 2 is 1.84 bits per heavy atom. The summed E-state index contributed by atoms with van der Waals surface area (Å²) in [6.45, 7) is 0.0563. The maximum absolute atomic E-state index is 10.8. The first kappa shape index (κ1) is 19.1. The van der Waals surface area contributed by atoms with Gasteiger partial charge in [-0.2, -0.15) is 0 Å². The third kappa shape index (κ3) is 4.45. The van der Waals surface area contributed by atoms with Gasteiger partial charge < -0.3 is 19.9 Å². The van der Waals surface area contributed by atoms with Crippen LogP contribution in [-0.2, 0) is 0 Å². The second-order valence-electron chi connectivity index (χ2n) is 5.05. The van der Waals surface area contributed by atoms with Gasteiger partial charge in [0.2, 0.25) is 0 Å². The normalized spacial score (nSPS) is 11.7. The molecule has 0 amide bonds. The van der Waals surface area contributed by atoms with Crippen LogP contribution in [0.3, 0.4) is 0 Å². The zero-order valence-electron chi connectivity index (χ0n) is 13.5. The van der Waals surface area contributed by atoms with Crippen molar-refractivity contribution in [3.63, 3.8) is 0 Å². The number of aliphatic hydroxyl groups is 1. The topological polar surface area (TPSA) is 93.9 Å². The van der Waals surface area contributed by atoms with Crippen molar-refractivity contribution in [1.29, 1.82) is 0 Å². The van der Waals surface area contributed by atoms with Gasteiger partial charge in [-0.15, -0.1) is 0 Å². The molecule has 1 unspecified atom stereocenters. The quantitative estimate of drug-likeness (QED) is 0.550. The Bertz CT molecular complexity index is 762. The minimum atomic E-state index is -0.952. The van der Waals surface area contributed by atoms with E-state index in [1.807, 2.05) is 0 Å². The number of hydrogen-bond donors (Lipinski definition) is 2. The zero-order valence-corrected chi connectivity index (χ0v) is 15.0. The van der Waals surface area contributed by atoms with Gasteiger partial charge in [-0.05, 0) is 18.2 Å². The number of hydrogen-bond acceptors (Lipinski definition) is 6. The maximum Gasteiger partial charge on any atom is 0.272 e. The van der Waals surface area contributed by atoms with E-state index in [2.05, 4.69) is 5.32 Å². The molecule has 2 rings (SSSR count). The number of nitrogens with one attached hydrogen (secondary N) is 1. The van der Waals surface area contributed by atoms with E-state index in [1.54, 1.807) is 18.2 Å². The molecule has 0 fully saturated rings. The highest BCUT2D eigenvalue weighted by Gasteiger charge is 2.18. The Hall–Kier alpha value is -2.22. The van der Waals surface area contributed by atoms with Crippen molar-refractivity contribution < 1.29 is 19.5 Å². The fourth-order valence-corrected chi connectivity index (χ4v) is 2.85. The van der Waals surface area contributed by atoms with Crippen molar-refractivity contribution in [1.82, 2.24) is 0 Å². The van der Waals surface area contributed by atoms with Crippen LogP contribution in [0.5, 0.6) is 11.5 Å². The molecule has 0 heterocycles. The van der Waals surface area contributed by atoms with E-state index < -0.39 is 11.0 Å². The summed E-state index contributed by atoms with van der Waals surface area (Å²) in [5, 5.41) is 24.3. The maximum atomic E-state index is 10.8. The van der Waals surface area contributed by atoms with E-state index in [-0.39, 0.29) is 22.3 Å². The van der Waals surface area contributed by atoms with Gasteiger partial charge in [0, 0.05) is 24.2 Å². The number of rotatable bonds is 7. The molecule has 0 aliphatic rings. The molecule has 0 spiro atoms. The largest absolute Gasteiger partial charge is 0.497 e. The second-order valence-corrected chi connectivity index (χ2v) is 5.86. The summed E-state index contributed by atoms with van der Waals surface area (Å²) in [7, 11) is 3.02. The number of ether oxygens (including phenoxy) is 2. The van der Waals surface area contributed by atoms with Gasteiger partial charge >= 0.3 is 0 Å². The summed E-state index contributed by atoms with van der Waals surface area (Å²) in [4.78, 5) is 10.2. The molecule has 0 aliphatic carbocycles. The number of methoxy groups -OCH3 is 2. The third-order valence-corrected chi connectivity index (χ3v) is 4.10. The van der Waals surface area contributed by atoms with Crippen molar-refractivity contribution in [3.8, 4) is 11.5 Å².